The first-order valence-electron chi connectivity index (χ1n) is 8.96. The third-order valence-corrected chi connectivity index (χ3v) is 5.07. The maximum absolute atomic E-state index is 12.8. The first-order valence-corrected chi connectivity index (χ1v) is 8.96. The van der Waals surface area contributed by atoms with Crippen LogP contribution in [0.15, 0.2) is 54.7 Å². The van der Waals surface area contributed by atoms with E-state index >= 15 is 0 Å². The van der Waals surface area contributed by atoms with E-state index in [1.54, 1.807) is 7.11 Å². The van der Waals surface area contributed by atoms with Crippen LogP contribution in [-0.4, -0.2) is 49.1 Å². The number of amides is 1. The number of hydrogen-bond acceptors (Lipinski definition) is 3. The lowest BCUT2D eigenvalue weighted by molar-refractivity contribution is -0.130. The van der Waals surface area contributed by atoms with Crippen LogP contribution in [0.5, 0.6) is 5.75 Å². The number of aromatic nitrogens is 1. The van der Waals surface area contributed by atoms with Gasteiger partial charge in [-0.15, -0.1) is 0 Å². The predicted octanol–water partition coefficient (Wildman–Crippen LogP) is 3.07. The summed E-state index contributed by atoms with van der Waals surface area (Å²) in [7, 11) is 1.66. The fraction of sp³-hybridized carbons (Fsp3) is 0.286. The number of fused-ring (bicyclic) bond motifs is 1. The lowest BCUT2D eigenvalue weighted by Crippen LogP contribution is -2.49. The normalized spacial score (nSPS) is 14.7. The summed E-state index contributed by atoms with van der Waals surface area (Å²) in [6.07, 6.45) is 2.35. The van der Waals surface area contributed by atoms with Gasteiger partial charge in [0.05, 0.1) is 13.5 Å². The van der Waals surface area contributed by atoms with Crippen molar-refractivity contribution in [2.45, 2.75) is 6.42 Å². The summed E-state index contributed by atoms with van der Waals surface area (Å²) in [5, 5.41) is 1.06. The number of carbonyl (C=O) groups excluding carboxylic acids is 1. The summed E-state index contributed by atoms with van der Waals surface area (Å²) < 4.78 is 5.31. The molecule has 0 unspecified atom stereocenters. The zero-order valence-electron chi connectivity index (χ0n) is 14.9. The fourth-order valence-electron chi connectivity index (χ4n) is 3.56. The SMILES string of the molecule is COc1ccc2[nH]cc(CC(=O)N3CCN(c4ccccc4)CC3)c2c1. The van der Waals surface area contributed by atoms with Crippen LogP contribution in [0.3, 0.4) is 0 Å². The lowest BCUT2D eigenvalue weighted by Gasteiger charge is -2.36. The molecule has 2 aromatic carbocycles. The number of para-hydroxylation sites is 1. The number of H-pyrrole nitrogens is 1. The van der Waals surface area contributed by atoms with Crippen LogP contribution in [0.2, 0.25) is 0 Å². The number of piperazine rings is 1. The van der Waals surface area contributed by atoms with Crippen molar-refractivity contribution in [3.8, 4) is 5.75 Å². The van der Waals surface area contributed by atoms with Gasteiger partial charge < -0.3 is 19.5 Å². The Labute approximate surface area is 153 Å². The number of ether oxygens (including phenoxy) is 1. The van der Waals surface area contributed by atoms with Gasteiger partial charge in [-0.25, -0.2) is 0 Å². The average molecular weight is 349 g/mol. The largest absolute Gasteiger partial charge is 0.497 e. The molecule has 0 radical (unpaired) electrons. The maximum Gasteiger partial charge on any atom is 0.227 e. The van der Waals surface area contributed by atoms with Crippen molar-refractivity contribution in [1.29, 1.82) is 0 Å². The van der Waals surface area contributed by atoms with Crippen LogP contribution in [0.25, 0.3) is 10.9 Å². The minimum Gasteiger partial charge on any atom is -0.497 e. The second kappa shape index (κ2) is 7.12. The summed E-state index contributed by atoms with van der Waals surface area (Å²) in [6.45, 7) is 3.27. The third-order valence-electron chi connectivity index (χ3n) is 5.07. The molecule has 26 heavy (non-hydrogen) atoms. The molecule has 1 amide bonds. The molecule has 0 aliphatic carbocycles. The molecule has 4 rings (SSSR count). The van der Waals surface area contributed by atoms with Gasteiger partial charge in [-0.05, 0) is 35.9 Å². The van der Waals surface area contributed by atoms with Crippen molar-refractivity contribution in [3.05, 3.63) is 60.3 Å². The Bertz CT molecular complexity index is 896. The van der Waals surface area contributed by atoms with Gasteiger partial charge in [0, 0.05) is 49.0 Å². The van der Waals surface area contributed by atoms with E-state index in [1.807, 2.05) is 35.4 Å². The molecule has 0 bridgehead atoms. The first kappa shape index (κ1) is 16.5. The zero-order valence-corrected chi connectivity index (χ0v) is 14.9. The summed E-state index contributed by atoms with van der Waals surface area (Å²) in [5.41, 5.74) is 3.28. The van der Waals surface area contributed by atoms with Crippen LogP contribution in [-0.2, 0) is 11.2 Å². The Balaban J connectivity index is 1.42. The number of nitrogens with one attached hydrogen (secondary N) is 1. The van der Waals surface area contributed by atoms with E-state index in [0.29, 0.717) is 6.42 Å². The number of carbonyl (C=O) groups is 1. The van der Waals surface area contributed by atoms with Gasteiger partial charge in [0.15, 0.2) is 0 Å². The highest BCUT2D eigenvalue weighted by Gasteiger charge is 2.22. The summed E-state index contributed by atoms with van der Waals surface area (Å²) in [5.74, 6) is 0.990. The Morgan fingerprint density at radius 1 is 1.08 bits per heavy atom. The highest BCUT2D eigenvalue weighted by atomic mass is 16.5. The van der Waals surface area contributed by atoms with Crippen LogP contribution in [0, 0.1) is 0 Å². The van der Waals surface area contributed by atoms with Gasteiger partial charge in [-0.2, -0.15) is 0 Å². The van der Waals surface area contributed by atoms with Crippen molar-refractivity contribution in [2.75, 3.05) is 38.2 Å². The van der Waals surface area contributed by atoms with Crippen LogP contribution in [0.4, 0.5) is 5.69 Å². The second-order valence-electron chi connectivity index (χ2n) is 6.61. The Kier molecular flexibility index (Phi) is 4.52. The molecule has 2 heterocycles. The maximum atomic E-state index is 12.8. The number of nitrogens with zero attached hydrogens (tertiary/aromatic N) is 2. The fourth-order valence-corrected chi connectivity index (χ4v) is 3.56. The van der Waals surface area contributed by atoms with Gasteiger partial charge in [-0.1, -0.05) is 18.2 Å². The molecule has 1 aliphatic rings. The quantitative estimate of drug-likeness (QED) is 0.787. The van der Waals surface area contributed by atoms with Crippen LogP contribution in [0.1, 0.15) is 5.56 Å². The summed E-state index contributed by atoms with van der Waals surface area (Å²) in [6, 6.07) is 16.3. The van der Waals surface area contributed by atoms with Gasteiger partial charge in [0.2, 0.25) is 5.91 Å². The van der Waals surface area contributed by atoms with E-state index in [9.17, 15) is 4.79 Å². The zero-order chi connectivity index (χ0) is 17.9. The standard InChI is InChI=1S/C21H23N3O2/c1-26-18-7-8-20-19(14-18)16(15-22-20)13-21(25)24-11-9-23(10-12-24)17-5-3-2-4-6-17/h2-8,14-15,22H,9-13H2,1H3. The molecule has 1 saturated heterocycles. The van der Waals surface area contributed by atoms with Gasteiger partial charge in [0.25, 0.3) is 0 Å². The highest BCUT2D eigenvalue weighted by Crippen LogP contribution is 2.24. The van der Waals surface area contributed by atoms with E-state index in [0.717, 1.165) is 48.4 Å². The molecule has 3 aromatic rings. The average Bonchev–Trinajstić information content (AvgIpc) is 3.10. The molecular weight excluding hydrogens is 326 g/mol. The Hall–Kier alpha value is -2.95. The Morgan fingerprint density at radius 2 is 1.85 bits per heavy atom. The van der Waals surface area contributed by atoms with Crippen molar-refractivity contribution >= 4 is 22.5 Å². The molecule has 0 saturated carbocycles. The van der Waals surface area contributed by atoms with E-state index in [2.05, 4.69) is 34.1 Å². The number of anilines is 1. The van der Waals surface area contributed by atoms with Gasteiger partial charge in [-0.3, -0.25) is 4.79 Å². The summed E-state index contributed by atoms with van der Waals surface area (Å²) >= 11 is 0. The van der Waals surface area contributed by atoms with E-state index in [4.69, 9.17) is 4.74 Å². The number of aromatic amines is 1. The van der Waals surface area contributed by atoms with Crippen molar-refractivity contribution in [1.82, 2.24) is 9.88 Å². The topological polar surface area (TPSA) is 48.6 Å². The van der Waals surface area contributed by atoms with Crippen molar-refractivity contribution < 1.29 is 9.53 Å². The minimum absolute atomic E-state index is 0.182. The number of hydrogen-bond donors (Lipinski definition) is 1. The van der Waals surface area contributed by atoms with E-state index in [-0.39, 0.29) is 5.91 Å². The van der Waals surface area contributed by atoms with Gasteiger partial charge in [0.1, 0.15) is 5.75 Å². The van der Waals surface area contributed by atoms with Gasteiger partial charge >= 0.3 is 0 Å². The molecule has 0 atom stereocenters. The molecule has 1 aliphatic heterocycles. The van der Waals surface area contributed by atoms with E-state index < -0.39 is 0 Å². The molecule has 1 fully saturated rings. The van der Waals surface area contributed by atoms with E-state index in [1.165, 1.54) is 5.69 Å². The number of methoxy groups -OCH3 is 1. The molecule has 5 heteroatoms. The highest BCUT2D eigenvalue weighted by molar-refractivity contribution is 5.89. The Morgan fingerprint density at radius 3 is 2.58 bits per heavy atom. The molecule has 1 N–H and O–H groups in total. The third kappa shape index (κ3) is 3.25. The van der Waals surface area contributed by atoms with Crippen LogP contribution >= 0.6 is 0 Å². The molecule has 5 nitrogen and oxygen atoms in total. The molecule has 1 aromatic heterocycles. The predicted molar refractivity (Wildman–Crippen MR) is 104 cm³/mol. The van der Waals surface area contributed by atoms with Crippen molar-refractivity contribution in [2.24, 2.45) is 0 Å². The second-order valence-corrected chi connectivity index (χ2v) is 6.61. The smallest absolute Gasteiger partial charge is 0.227 e. The molecule has 0 spiro atoms. The van der Waals surface area contributed by atoms with Crippen LogP contribution < -0.4 is 9.64 Å². The minimum atomic E-state index is 0.182. The number of benzene rings is 2. The molecule has 134 valence electrons. The van der Waals surface area contributed by atoms with Crippen molar-refractivity contribution in [3.63, 3.8) is 0 Å². The lowest BCUT2D eigenvalue weighted by atomic mass is 10.1. The first-order chi connectivity index (χ1) is 12.7. The summed E-state index contributed by atoms with van der Waals surface area (Å²) in [4.78, 5) is 20.3. The molecular formula is C21H23N3O2. The monoisotopic (exact) mass is 349 g/mol. The number of rotatable bonds is 4.